The Kier molecular flexibility index (Phi) is 4.37. The number of piperidine rings is 1. The minimum Gasteiger partial charge on any atom is -0.468 e. The third-order valence-corrected chi connectivity index (χ3v) is 4.84. The Labute approximate surface area is 135 Å². The molecular weight excluding hydrogens is 298 g/mol. The Bertz CT molecular complexity index is 572. The molecule has 1 aromatic rings. The predicted molar refractivity (Wildman–Crippen MR) is 81.1 cm³/mol. The Morgan fingerprint density at radius 1 is 1.17 bits per heavy atom. The molecule has 0 bridgehead atoms. The Balaban J connectivity index is 1.94. The number of ether oxygens (including phenoxy) is 2. The predicted octanol–water partition coefficient (Wildman–Crippen LogP) is 1.86. The zero-order valence-corrected chi connectivity index (χ0v) is 13.4. The normalized spacial score (nSPS) is 26.3. The number of carbonyl (C=O) groups excluding carboxylic acids is 2. The van der Waals surface area contributed by atoms with Gasteiger partial charge in [-0.05, 0) is 24.8 Å². The van der Waals surface area contributed by atoms with Crippen LogP contribution in [0, 0.1) is 5.41 Å². The topological polar surface area (TPSA) is 65.1 Å². The number of carbonyl (C=O) groups is 2. The molecule has 0 aliphatic carbocycles. The van der Waals surface area contributed by atoms with Gasteiger partial charge in [-0.2, -0.15) is 5.06 Å². The van der Waals surface area contributed by atoms with Crippen LogP contribution in [0.2, 0.25) is 0 Å². The van der Waals surface area contributed by atoms with E-state index in [9.17, 15) is 9.59 Å². The highest BCUT2D eigenvalue weighted by atomic mass is 16.7. The maximum Gasteiger partial charge on any atom is 0.324 e. The summed E-state index contributed by atoms with van der Waals surface area (Å²) < 4.78 is 9.89. The lowest BCUT2D eigenvalue weighted by Gasteiger charge is -2.40. The summed E-state index contributed by atoms with van der Waals surface area (Å²) >= 11 is 0. The highest BCUT2D eigenvalue weighted by Crippen LogP contribution is 2.47. The van der Waals surface area contributed by atoms with Crippen molar-refractivity contribution in [2.75, 3.05) is 20.8 Å². The lowest BCUT2D eigenvalue weighted by Crippen LogP contribution is -2.57. The molecule has 6 heteroatoms. The van der Waals surface area contributed by atoms with Crippen LogP contribution in [0.15, 0.2) is 30.3 Å². The van der Waals surface area contributed by atoms with E-state index in [1.165, 1.54) is 14.2 Å². The van der Waals surface area contributed by atoms with Gasteiger partial charge in [-0.25, -0.2) is 0 Å². The molecule has 124 valence electrons. The van der Waals surface area contributed by atoms with E-state index < -0.39 is 17.4 Å². The van der Waals surface area contributed by atoms with Gasteiger partial charge in [0.2, 0.25) is 0 Å². The van der Waals surface area contributed by atoms with Crippen molar-refractivity contribution in [1.82, 2.24) is 5.06 Å². The number of hydrogen-bond acceptors (Lipinski definition) is 6. The minimum absolute atomic E-state index is 0.173. The SMILES string of the molecule is COC(=O)C1(C(=O)OC)CCCN2O[C@H](c3ccccc3)C[C@H]21. The molecule has 0 aromatic heterocycles. The summed E-state index contributed by atoms with van der Waals surface area (Å²) in [5.74, 6) is -1.09. The van der Waals surface area contributed by atoms with Crippen LogP contribution < -0.4 is 0 Å². The molecule has 3 rings (SSSR count). The average Bonchev–Trinajstić information content (AvgIpc) is 3.05. The van der Waals surface area contributed by atoms with Crippen molar-refractivity contribution in [3.63, 3.8) is 0 Å². The first kappa shape index (κ1) is 16.0. The summed E-state index contributed by atoms with van der Waals surface area (Å²) in [5.41, 5.74) is -0.281. The second-order valence-electron chi connectivity index (χ2n) is 5.95. The van der Waals surface area contributed by atoms with Crippen LogP contribution in [0.25, 0.3) is 0 Å². The van der Waals surface area contributed by atoms with Crippen molar-refractivity contribution in [2.24, 2.45) is 5.41 Å². The molecule has 23 heavy (non-hydrogen) atoms. The van der Waals surface area contributed by atoms with Crippen molar-refractivity contribution < 1.29 is 23.9 Å². The van der Waals surface area contributed by atoms with Gasteiger partial charge in [0.1, 0.15) is 6.10 Å². The first-order valence-electron chi connectivity index (χ1n) is 7.78. The number of nitrogens with zero attached hydrogens (tertiary/aromatic N) is 1. The molecular formula is C17H21NO5. The summed E-state index contributed by atoms with van der Waals surface area (Å²) in [6.45, 7) is 0.684. The first-order valence-corrected chi connectivity index (χ1v) is 7.78. The van der Waals surface area contributed by atoms with Crippen LogP contribution in [0.1, 0.15) is 30.9 Å². The summed E-state index contributed by atoms with van der Waals surface area (Å²) in [5, 5.41) is 1.76. The van der Waals surface area contributed by atoms with E-state index in [4.69, 9.17) is 14.3 Å². The average molecular weight is 319 g/mol. The van der Waals surface area contributed by atoms with Gasteiger partial charge in [-0.1, -0.05) is 30.3 Å². The number of benzene rings is 1. The number of hydrogen-bond donors (Lipinski definition) is 0. The number of esters is 2. The molecule has 2 aliphatic rings. The van der Waals surface area contributed by atoms with Crippen molar-refractivity contribution in [3.8, 4) is 0 Å². The molecule has 0 spiro atoms. The van der Waals surface area contributed by atoms with Gasteiger partial charge in [-0.15, -0.1) is 0 Å². The van der Waals surface area contributed by atoms with E-state index >= 15 is 0 Å². The van der Waals surface area contributed by atoms with E-state index in [1.807, 2.05) is 30.3 Å². The highest BCUT2D eigenvalue weighted by molar-refractivity contribution is 6.01. The number of rotatable bonds is 3. The Hall–Kier alpha value is -1.92. The molecule has 1 aromatic carbocycles. The molecule has 0 radical (unpaired) electrons. The zero-order valence-electron chi connectivity index (χ0n) is 13.4. The lowest BCUT2D eigenvalue weighted by molar-refractivity contribution is -0.213. The Morgan fingerprint density at radius 2 is 1.83 bits per heavy atom. The van der Waals surface area contributed by atoms with Crippen LogP contribution in [0.5, 0.6) is 0 Å². The smallest absolute Gasteiger partial charge is 0.324 e. The molecule has 2 aliphatic heterocycles. The van der Waals surface area contributed by atoms with Crippen molar-refractivity contribution >= 4 is 11.9 Å². The summed E-state index contributed by atoms with van der Waals surface area (Å²) in [6, 6.07) is 9.44. The van der Waals surface area contributed by atoms with Crippen molar-refractivity contribution in [2.45, 2.75) is 31.4 Å². The monoisotopic (exact) mass is 319 g/mol. The molecule has 2 heterocycles. The fourth-order valence-corrected chi connectivity index (χ4v) is 3.72. The van der Waals surface area contributed by atoms with Gasteiger partial charge in [0.05, 0.1) is 20.3 Å². The summed E-state index contributed by atoms with van der Waals surface area (Å²) in [4.78, 5) is 31.0. The van der Waals surface area contributed by atoms with E-state index in [2.05, 4.69) is 0 Å². The quantitative estimate of drug-likeness (QED) is 0.626. The molecule has 2 fully saturated rings. The maximum atomic E-state index is 12.5. The first-order chi connectivity index (χ1) is 11.1. The van der Waals surface area contributed by atoms with E-state index in [0.717, 1.165) is 5.56 Å². The molecule has 2 saturated heterocycles. The van der Waals surface area contributed by atoms with Gasteiger partial charge < -0.3 is 9.47 Å². The molecule has 0 amide bonds. The zero-order chi connectivity index (χ0) is 16.4. The summed E-state index contributed by atoms with van der Waals surface area (Å²) in [6.07, 6.45) is 1.46. The number of methoxy groups -OCH3 is 2. The van der Waals surface area contributed by atoms with Crippen LogP contribution in [-0.2, 0) is 23.9 Å². The maximum absolute atomic E-state index is 12.5. The molecule has 2 atom stereocenters. The van der Waals surface area contributed by atoms with E-state index in [1.54, 1.807) is 5.06 Å². The molecule has 6 nitrogen and oxygen atoms in total. The van der Waals surface area contributed by atoms with Crippen molar-refractivity contribution in [1.29, 1.82) is 0 Å². The van der Waals surface area contributed by atoms with E-state index in [0.29, 0.717) is 25.8 Å². The van der Waals surface area contributed by atoms with Gasteiger partial charge in [0.15, 0.2) is 5.41 Å². The van der Waals surface area contributed by atoms with Gasteiger partial charge in [-0.3, -0.25) is 14.4 Å². The van der Waals surface area contributed by atoms with Gasteiger partial charge in [0.25, 0.3) is 0 Å². The van der Waals surface area contributed by atoms with E-state index in [-0.39, 0.29) is 12.1 Å². The Morgan fingerprint density at radius 3 is 2.43 bits per heavy atom. The van der Waals surface area contributed by atoms with Crippen LogP contribution >= 0.6 is 0 Å². The number of hydroxylamine groups is 2. The summed E-state index contributed by atoms with van der Waals surface area (Å²) in [7, 11) is 2.60. The second-order valence-corrected chi connectivity index (χ2v) is 5.95. The largest absolute Gasteiger partial charge is 0.468 e. The van der Waals surface area contributed by atoms with Crippen LogP contribution in [0.3, 0.4) is 0 Å². The second kappa shape index (κ2) is 6.29. The van der Waals surface area contributed by atoms with Crippen LogP contribution in [0.4, 0.5) is 0 Å². The third kappa shape index (κ3) is 2.52. The molecule has 0 unspecified atom stereocenters. The van der Waals surface area contributed by atoms with Gasteiger partial charge >= 0.3 is 11.9 Å². The standard InChI is InChI=1S/C17H21NO5/c1-21-15(19)17(16(20)22-2)9-6-10-18-14(17)11-13(23-18)12-7-4-3-5-8-12/h3-5,7-8,13-14H,6,9-11H2,1-2H3/t13-,14-/m0/s1. The van der Waals surface area contributed by atoms with Crippen LogP contribution in [-0.4, -0.2) is 43.8 Å². The highest BCUT2D eigenvalue weighted by Gasteiger charge is 2.61. The molecule has 0 N–H and O–H groups in total. The fourth-order valence-electron chi connectivity index (χ4n) is 3.72. The third-order valence-electron chi connectivity index (χ3n) is 4.84. The lowest BCUT2D eigenvalue weighted by atomic mass is 9.72. The number of fused-ring (bicyclic) bond motifs is 1. The van der Waals surface area contributed by atoms with Crippen molar-refractivity contribution in [3.05, 3.63) is 35.9 Å². The van der Waals surface area contributed by atoms with Gasteiger partial charge in [0, 0.05) is 6.54 Å². The molecule has 0 saturated carbocycles. The fraction of sp³-hybridized carbons (Fsp3) is 0.529. The minimum atomic E-state index is -1.31.